The van der Waals surface area contributed by atoms with Crippen LogP contribution in [0.25, 0.3) is 5.70 Å². The summed E-state index contributed by atoms with van der Waals surface area (Å²) in [5.41, 5.74) is 8.67. The van der Waals surface area contributed by atoms with Crippen molar-refractivity contribution in [1.82, 2.24) is 0 Å². The Bertz CT molecular complexity index is 408. The van der Waals surface area contributed by atoms with E-state index in [1.165, 1.54) is 0 Å². The molecule has 16 heavy (non-hydrogen) atoms. The van der Waals surface area contributed by atoms with E-state index in [0.29, 0.717) is 0 Å². The molecule has 0 aromatic heterocycles. The molecule has 1 aromatic rings. The third-order valence-corrected chi connectivity index (χ3v) is 2.80. The van der Waals surface area contributed by atoms with Crippen molar-refractivity contribution in [3.8, 4) is 0 Å². The molecule has 0 bridgehead atoms. The van der Waals surface area contributed by atoms with Gasteiger partial charge in [-0.2, -0.15) is 0 Å². The van der Waals surface area contributed by atoms with Crippen molar-refractivity contribution in [3.05, 3.63) is 29.8 Å². The van der Waals surface area contributed by atoms with E-state index in [-0.39, 0.29) is 0 Å². The zero-order valence-electron chi connectivity index (χ0n) is 9.90. The predicted molar refractivity (Wildman–Crippen MR) is 77.2 cm³/mol. The van der Waals surface area contributed by atoms with Crippen molar-refractivity contribution in [3.63, 3.8) is 0 Å². The minimum absolute atomic E-state index is 0.793. The first-order valence-corrected chi connectivity index (χ1v) is 6.11. The number of nitrogen functional groups attached to an aromatic ring is 1. The summed E-state index contributed by atoms with van der Waals surface area (Å²) >= 11 is 0. The van der Waals surface area contributed by atoms with Crippen LogP contribution in [0, 0.1) is 0 Å². The minimum Gasteiger partial charge on any atom is -0.398 e. The number of nitrogens with zero attached hydrogens (tertiary/aromatic N) is 1. The second-order valence-electron chi connectivity index (χ2n) is 3.62. The molecule has 0 heterocycles. The van der Waals surface area contributed by atoms with Crippen molar-refractivity contribution in [1.29, 1.82) is 0 Å². The van der Waals surface area contributed by atoms with E-state index in [9.17, 15) is 0 Å². The second-order valence-corrected chi connectivity index (χ2v) is 4.24. The molecule has 0 fully saturated rings. The minimum atomic E-state index is 0.793. The van der Waals surface area contributed by atoms with Crippen molar-refractivity contribution >= 4 is 32.1 Å². The maximum atomic E-state index is 5.77. The van der Waals surface area contributed by atoms with Crippen LogP contribution in [0.5, 0.6) is 0 Å². The lowest BCUT2D eigenvalue weighted by Gasteiger charge is -2.05. The standard InChI is InChI=1S/C13H19N2P/c1-3-5-8-15-12(4-2)10-6-7-11(14)13(16)9-10/h4,6-9H,3,5,14,16H2,1-2H3/b12-4-,15-8?. The van der Waals surface area contributed by atoms with Gasteiger partial charge in [-0.05, 0) is 30.8 Å². The molecule has 1 atom stereocenters. The summed E-state index contributed by atoms with van der Waals surface area (Å²) in [4.78, 5) is 4.46. The van der Waals surface area contributed by atoms with E-state index in [1.807, 2.05) is 37.4 Å². The summed E-state index contributed by atoms with van der Waals surface area (Å²) in [6.07, 6.45) is 6.12. The van der Waals surface area contributed by atoms with E-state index in [0.717, 1.165) is 35.1 Å². The summed E-state index contributed by atoms with van der Waals surface area (Å²) in [6, 6.07) is 5.95. The van der Waals surface area contributed by atoms with E-state index in [1.54, 1.807) is 0 Å². The summed E-state index contributed by atoms with van der Waals surface area (Å²) in [5.74, 6) is 0. The van der Waals surface area contributed by atoms with Gasteiger partial charge in [0.2, 0.25) is 0 Å². The Morgan fingerprint density at radius 1 is 1.50 bits per heavy atom. The molecule has 0 radical (unpaired) electrons. The van der Waals surface area contributed by atoms with Gasteiger partial charge in [0, 0.05) is 17.5 Å². The van der Waals surface area contributed by atoms with E-state index in [4.69, 9.17) is 5.73 Å². The van der Waals surface area contributed by atoms with E-state index < -0.39 is 0 Å². The molecule has 0 saturated heterocycles. The van der Waals surface area contributed by atoms with Crippen LogP contribution < -0.4 is 11.0 Å². The molecule has 2 nitrogen and oxygen atoms in total. The Balaban J connectivity index is 2.92. The van der Waals surface area contributed by atoms with Gasteiger partial charge < -0.3 is 5.73 Å². The first kappa shape index (κ1) is 12.9. The fraction of sp³-hybridized carbons (Fsp3) is 0.308. The summed E-state index contributed by atoms with van der Waals surface area (Å²) in [7, 11) is 2.64. The van der Waals surface area contributed by atoms with Crippen LogP contribution in [0.2, 0.25) is 0 Å². The molecule has 86 valence electrons. The number of rotatable bonds is 4. The SMILES string of the molecule is C/C=C(\N=CCCC)c1ccc(N)c(P)c1. The number of hydrogen-bond acceptors (Lipinski definition) is 2. The van der Waals surface area contributed by atoms with Gasteiger partial charge in [-0.15, -0.1) is 9.24 Å². The molecule has 2 N–H and O–H groups in total. The third kappa shape index (κ3) is 3.46. The quantitative estimate of drug-likeness (QED) is 0.485. The van der Waals surface area contributed by atoms with Crippen LogP contribution >= 0.6 is 9.24 Å². The van der Waals surface area contributed by atoms with Crippen LogP contribution in [0.1, 0.15) is 32.3 Å². The molecule has 0 aliphatic rings. The van der Waals surface area contributed by atoms with Gasteiger partial charge in [-0.1, -0.05) is 25.5 Å². The monoisotopic (exact) mass is 234 g/mol. The highest BCUT2D eigenvalue weighted by Crippen LogP contribution is 2.17. The van der Waals surface area contributed by atoms with Crippen LogP contribution in [0.3, 0.4) is 0 Å². The molecular formula is C13H19N2P. The van der Waals surface area contributed by atoms with Gasteiger partial charge in [-0.25, -0.2) is 0 Å². The van der Waals surface area contributed by atoms with Gasteiger partial charge in [0.05, 0.1) is 5.70 Å². The third-order valence-electron chi connectivity index (χ3n) is 2.30. The first-order valence-electron chi connectivity index (χ1n) is 5.53. The van der Waals surface area contributed by atoms with Crippen molar-refractivity contribution in [2.45, 2.75) is 26.7 Å². The molecule has 0 aliphatic carbocycles. The van der Waals surface area contributed by atoms with Gasteiger partial charge in [0.1, 0.15) is 0 Å². The zero-order valence-corrected chi connectivity index (χ0v) is 11.1. The van der Waals surface area contributed by atoms with Gasteiger partial charge in [0.25, 0.3) is 0 Å². The molecule has 1 aromatic carbocycles. The number of nitrogens with two attached hydrogens (primary N) is 1. The second kappa shape index (κ2) is 6.44. The molecule has 1 rings (SSSR count). The summed E-state index contributed by atoms with van der Waals surface area (Å²) < 4.78 is 0. The topological polar surface area (TPSA) is 38.4 Å². The normalized spacial score (nSPS) is 12.3. The zero-order chi connectivity index (χ0) is 12.0. The molecule has 1 unspecified atom stereocenters. The fourth-order valence-corrected chi connectivity index (χ4v) is 1.62. The smallest absolute Gasteiger partial charge is 0.0655 e. The van der Waals surface area contributed by atoms with Crippen LogP contribution in [-0.4, -0.2) is 6.21 Å². The largest absolute Gasteiger partial charge is 0.398 e. The molecule has 0 aliphatic heterocycles. The average molecular weight is 234 g/mol. The molecule has 3 heteroatoms. The lowest BCUT2D eigenvalue weighted by molar-refractivity contribution is 1.01. The Labute approximate surface area is 99.9 Å². The number of benzene rings is 1. The van der Waals surface area contributed by atoms with Gasteiger partial charge in [-0.3, -0.25) is 4.99 Å². The first-order chi connectivity index (χ1) is 7.69. The molecule has 0 saturated carbocycles. The van der Waals surface area contributed by atoms with Crippen molar-refractivity contribution < 1.29 is 0 Å². The maximum absolute atomic E-state index is 5.77. The number of hydrogen-bond donors (Lipinski definition) is 1. The highest BCUT2D eigenvalue weighted by atomic mass is 31.0. The average Bonchev–Trinajstić information content (AvgIpc) is 2.29. The van der Waals surface area contributed by atoms with Gasteiger partial charge in [0.15, 0.2) is 0 Å². The predicted octanol–water partition coefficient (Wildman–Crippen LogP) is 3.00. The Morgan fingerprint density at radius 3 is 2.81 bits per heavy atom. The Hall–Kier alpha value is -1.14. The number of allylic oxidation sites excluding steroid dienone is 1. The number of aliphatic imine (C=N–C) groups is 1. The van der Waals surface area contributed by atoms with Crippen molar-refractivity contribution in [2.24, 2.45) is 4.99 Å². The van der Waals surface area contributed by atoms with Crippen LogP contribution in [-0.2, 0) is 0 Å². The number of unbranched alkanes of at least 4 members (excludes halogenated alkanes) is 1. The molecule has 0 spiro atoms. The number of anilines is 1. The Kier molecular flexibility index (Phi) is 5.21. The highest BCUT2D eigenvalue weighted by Gasteiger charge is 2.00. The van der Waals surface area contributed by atoms with Crippen LogP contribution in [0.15, 0.2) is 29.3 Å². The van der Waals surface area contributed by atoms with Crippen molar-refractivity contribution in [2.75, 3.05) is 5.73 Å². The van der Waals surface area contributed by atoms with E-state index in [2.05, 4.69) is 21.2 Å². The summed E-state index contributed by atoms with van der Waals surface area (Å²) in [6.45, 7) is 4.14. The lowest BCUT2D eigenvalue weighted by atomic mass is 10.1. The molecule has 0 amide bonds. The lowest BCUT2D eigenvalue weighted by Crippen LogP contribution is -2.01. The Morgan fingerprint density at radius 2 is 2.25 bits per heavy atom. The highest BCUT2D eigenvalue weighted by molar-refractivity contribution is 7.28. The van der Waals surface area contributed by atoms with Gasteiger partial charge >= 0.3 is 0 Å². The van der Waals surface area contributed by atoms with Crippen LogP contribution in [0.4, 0.5) is 5.69 Å². The fourth-order valence-electron chi connectivity index (χ4n) is 1.34. The van der Waals surface area contributed by atoms with E-state index >= 15 is 0 Å². The molecular weight excluding hydrogens is 215 g/mol. The maximum Gasteiger partial charge on any atom is 0.0655 e. The summed E-state index contributed by atoms with van der Waals surface area (Å²) in [5, 5.41) is 1.02.